The molecule has 0 aromatic carbocycles. The van der Waals surface area contributed by atoms with Gasteiger partial charge in [-0.1, -0.05) is 6.92 Å². The second-order valence-corrected chi connectivity index (χ2v) is 3.13. The van der Waals surface area contributed by atoms with Gasteiger partial charge < -0.3 is 0 Å². The highest BCUT2D eigenvalue weighted by molar-refractivity contribution is 6.20. The van der Waals surface area contributed by atoms with Crippen LogP contribution in [0.25, 0.3) is 0 Å². The molecule has 1 nitrogen and oxygen atoms in total. The zero-order valence-corrected chi connectivity index (χ0v) is 7.60. The molecule has 0 amide bonds. The van der Waals surface area contributed by atoms with Gasteiger partial charge in [0.1, 0.15) is 0 Å². The topological polar surface area (TPSA) is 12.9 Å². The van der Waals surface area contributed by atoms with Crippen LogP contribution in [0.5, 0.6) is 0 Å². The molecule has 60 valence electrons. The molecule has 0 aliphatic heterocycles. The van der Waals surface area contributed by atoms with E-state index in [4.69, 9.17) is 11.6 Å². The summed E-state index contributed by atoms with van der Waals surface area (Å²) in [5, 5.41) is 0.115. The van der Waals surface area contributed by atoms with Crippen LogP contribution in [-0.2, 0) is 0 Å². The zero-order valence-electron chi connectivity index (χ0n) is 6.84. The van der Waals surface area contributed by atoms with Crippen LogP contribution in [0.15, 0.2) is 18.5 Å². The molecule has 0 radical (unpaired) electrons. The summed E-state index contributed by atoms with van der Waals surface area (Å²) < 4.78 is 0. The Bertz CT molecular complexity index is 235. The summed E-state index contributed by atoms with van der Waals surface area (Å²) >= 11 is 6.06. The molecule has 0 saturated heterocycles. The van der Waals surface area contributed by atoms with Crippen molar-refractivity contribution in [3.05, 3.63) is 29.6 Å². The molecule has 0 aliphatic carbocycles. The van der Waals surface area contributed by atoms with E-state index in [1.807, 2.05) is 12.3 Å². The van der Waals surface area contributed by atoms with Crippen molar-refractivity contribution in [2.75, 3.05) is 0 Å². The highest BCUT2D eigenvalue weighted by Gasteiger charge is 2.06. The SMILES string of the molecule is CCC(Cl)c1cnccc1C. The minimum absolute atomic E-state index is 0.115. The smallest absolute Gasteiger partial charge is 0.0600 e. The molecule has 1 heterocycles. The number of halogens is 1. The van der Waals surface area contributed by atoms with Crippen molar-refractivity contribution in [3.63, 3.8) is 0 Å². The molecule has 0 spiro atoms. The van der Waals surface area contributed by atoms with Gasteiger partial charge in [-0.2, -0.15) is 0 Å². The average Bonchev–Trinajstić information content (AvgIpc) is 2.04. The van der Waals surface area contributed by atoms with Crippen LogP contribution in [0.3, 0.4) is 0 Å². The van der Waals surface area contributed by atoms with E-state index in [2.05, 4.69) is 18.8 Å². The lowest BCUT2D eigenvalue weighted by Gasteiger charge is -2.08. The van der Waals surface area contributed by atoms with Crippen molar-refractivity contribution >= 4 is 11.6 Å². The lowest BCUT2D eigenvalue weighted by Crippen LogP contribution is -1.92. The Balaban J connectivity index is 2.93. The van der Waals surface area contributed by atoms with Crippen LogP contribution in [0.4, 0.5) is 0 Å². The van der Waals surface area contributed by atoms with E-state index in [1.54, 1.807) is 6.20 Å². The van der Waals surface area contributed by atoms with Crippen LogP contribution in [0.1, 0.15) is 29.8 Å². The number of pyridine rings is 1. The fourth-order valence-electron chi connectivity index (χ4n) is 1.02. The molecular formula is C9H12ClN. The van der Waals surface area contributed by atoms with Crippen molar-refractivity contribution in [2.24, 2.45) is 0 Å². The quantitative estimate of drug-likeness (QED) is 0.621. The summed E-state index contributed by atoms with van der Waals surface area (Å²) in [6, 6.07) is 1.99. The molecule has 0 N–H and O–H groups in total. The first kappa shape index (κ1) is 8.54. The van der Waals surface area contributed by atoms with Gasteiger partial charge in [-0.3, -0.25) is 4.98 Å². The molecule has 0 bridgehead atoms. The Labute approximate surface area is 72.4 Å². The van der Waals surface area contributed by atoms with Gasteiger partial charge in [0.05, 0.1) is 5.38 Å². The Morgan fingerprint density at radius 2 is 2.36 bits per heavy atom. The summed E-state index contributed by atoms with van der Waals surface area (Å²) in [5.41, 5.74) is 2.37. The molecule has 1 atom stereocenters. The molecular weight excluding hydrogens is 158 g/mol. The van der Waals surface area contributed by atoms with Gasteiger partial charge in [-0.25, -0.2) is 0 Å². The number of rotatable bonds is 2. The maximum Gasteiger partial charge on any atom is 0.0600 e. The molecule has 0 aliphatic rings. The number of alkyl halides is 1. The summed E-state index contributed by atoms with van der Waals surface area (Å²) in [4.78, 5) is 4.03. The second-order valence-electron chi connectivity index (χ2n) is 2.61. The van der Waals surface area contributed by atoms with E-state index < -0.39 is 0 Å². The highest BCUT2D eigenvalue weighted by atomic mass is 35.5. The Hall–Kier alpha value is -0.560. The van der Waals surface area contributed by atoms with Crippen molar-refractivity contribution in [3.8, 4) is 0 Å². The maximum atomic E-state index is 6.06. The zero-order chi connectivity index (χ0) is 8.27. The minimum atomic E-state index is 0.115. The molecule has 0 saturated carbocycles. The van der Waals surface area contributed by atoms with Crippen LogP contribution >= 0.6 is 11.6 Å². The van der Waals surface area contributed by atoms with Gasteiger partial charge in [0, 0.05) is 12.4 Å². The van der Waals surface area contributed by atoms with E-state index in [0.29, 0.717) is 0 Å². The molecule has 11 heavy (non-hydrogen) atoms. The number of aryl methyl sites for hydroxylation is 1. The lowest BCUT2D eigenvalue weighted by molar-refractivity contribution is 0.868. The lowest BCUT2D eigenvalue weighted by atomic mass is 10.1. The van der Waals surface area contributed by atoms with Crippen molar-refractivity contribution in [1.29, 1.82) is 0 Å². The molecule has 2 heteroatoms. The van der Waals surface area contributed by atoms with Gasteiger partial charge in [0.25, 0.3) is 0 Å². The summed E-state index contributed by atoms with van der Waals surface area (Å²) in [6.45, 7) is 4.13. The number of hydrogen-bond acceptors (Lipinski definition) is 1. The van der Waals surface area contributed by atoms with E-state index in [9.17, 15) is 0 Å². The van der Waals surface area contributed by atoms with Gasteiger partial charge >= 0.3 is 0 Å². The largest absolute Gasteiger partial charge is 0.264 e. The van der Waals surface area contributed by atoms with E-state index >= 15 is 0 Å². The Morgan fingerprint density at radius 3 is 2.91 bits per heavy atom. The van der Waals surface area contributed by atoms with Gasteiger partial charge in [-0.05, 0) is 30.5 Å². The third-order valence-electron chi connectivity index (χ3n) is 1.78. The predicted molar refractivity (Wildman–Crippen MR) is 47.9 cm³/mol. The van der Waals surface area contributed by atoms with Gasteiger partial charge in [0.2, 0.25) is 0 Å². The van der Waals surface area contributed by atoms with Crippen molar-refractivity contribution < 1.29 is 0 Å². The van der Waals surface area contributed by atoms with Gasteiger partial charge in [-0.15, -0.1) is 11.6 Å². The standard InChI is InChI=1S/C9H12ClN/c1-3-9(10)8-6-11-5-4-7(8)2/h4-6,9H,3H2,1-2H3. The Kier molecular flexibility index (Phi) is 2.89. The molecule has 0 fully saturated rings. The van der Waals surface area contributed by atoms with E-state index in [0.717, 1.165) is 12.0 Å². The van der Waals surface area contributed by atoms with Gasteiger partial charge in [0.15, 0.2) is 0 Å². The van der Waals surface area contributed by atoms with E-state index in [1.165, 1.54) is 5.56 Å². The normalized spacial score (nSPS) is 13.0. The first-order valence-corrected chi connectivity index (χ1v) is 4.24. The van der Waals surface area contributed by atoms with E-state index in [-0.39, 0.29) is 5.38 Å². The second kappa shape index (κ2) is 3.72. The number of hydrogen-bond donors (Lipinski definition) is 0. The summed E-state index contributed by atoms with van der Waals surface area (Å²) in [6.07, 6.45) is 4.59. The molecule has 1 aromatic rings. The third kappa shape index (κ3) is 1.93. The molecule has 1 unspecified atom stereocenters. The number of nitrogens with zero attached hydrogens (tertiary/aromatic N) is 1. The fourth-order valence-corrected chi connectivity index (χ4v) is 1.25. The molecule has 1 aromatic heterocycles. The first-order valence-electron chi connectivity index (χ1n) is 3.80. The Morgan fingerprint density at radius 1 is 1.64 bits per heavy atom. The highest BCUT2D eigenvalue weighted by Crippen LogP contribution is 2.25. The first-order chi connectivity index (χ1) is 5.25. The van der Waals surface area contributed by atoms with Crippen molar-refractivity contribution in [1.82, 2.24) is 4.98 Å². The van der Waals surface area contributed by atoms with Crippen LogP contribution < -0.4 is 0 Å². The summed E-state index contributed by atoms with van der Waals surface area (Å²) in [7, 11) is 0. The predicted octanol–water partition coefficient (Wildman–Crippen LogP) is 3.08. The molecule has 1 rings (SSSR count). The monoisotopic (exact) mass is 169 g/mol. The summed E-state index contributed by atoms with van der Waals surface area (Å²) in [5.74, 6) is 0. The van der Waals surface area contributed by atoms with Crippen LogP contribution in [0.2, 0.25) is 0 Å². The van der Waals surface area contributed by atoms with Crippen molar-refractivity contribution in [2.45, 2.75) is 25.6 Å². The fraction of sp³-hybridized carbons (Fsp3) is 0.444. The van der Waals surface area contributed by atoms with Crippen LogP contribution in [0, 0.1) is 6.92 Å². The number of aromatic nitrogens is 1. The third-order valence-corrected chi connectivity index (χ3v) is 2.32. The van der Waals surface area contributed by atoms with Crippen LogP contribution in [-0.4, -0.2) is 4.98 Å². The maximum absolute atomic E-state index is 6.06. The average molecular weight is 170 g/mol. The minimum Gasteiger partial charge on any atom is -0.264 e.